The van der Waals surface area contributed by atoms with Crippen LogP contribution < -0.4 is 10.0 Å². The average molecular weight is 483 g/mol. The smallest absolute Gasteiger partial charge is 0.340 e. The van der Waals surface area contributed by atoms with Gasteiger partial charge in [0.15, 0.2) is 6.61 Å². The molecule has 0 radical (unpaired) electrons. The first-order valence-electron chi connectivity index (χ1n) is 10.8. The van der Waals surface area contributed by atoms with E-state index in [1.165, 1.54) is 17.7 Å². The van der Waals surface area contributed by atoms with Gasteiger partial charge in [0.25, 0.3) is 15.9 Å². The summed E-state index contributed by atoms with van der Waals surface area (Å²) < 4.78 is 45.9. The second-order valence-corrected chi connectivity index (χ2v) is 9.57. The van der Waals surface area contributed by atoms with Gasteiger partial charge in [0.05, 0.1) is 22.2 Å². The fourth-order valence-electron chi connectivity index (χ4n) is 3.92. The molecule has 1 atom stereocenters. The number of aryl methyl sites for hydroxylation is 1. The Balaban J connectivity index is 1.40. The minimum Gasteiger partial charge on any atom is -0.452 e. The maximum atomic E-state index is 13.1. The van der Waals surface area contributed by atoms with Crippen molar-refractivity contribution in [2.75, 3.05) is 11.3 Å². The number of anilines is 1. The van der Waals surface area contributed by atoms with Gasteiger partial charge in [0.2, 0.25) is 0 Å². The summed E-state index contributed by atoms with van der Waals surface area (Å²) in [5.41, 5.74) is 2.19. The zero-order chi connectivity index (χ0) is 24.1. The molecule has 34 heavy (non-hydrogen) atoms. The number of nitrogens with one attached hydrogen (secondary N) is 2. The van der Waals surface area contributed by atoms with Crippen LogP contribution in [0.15, 0.2) is 77.7 Å². The van der Waals surface area contributed by atoms with Crippen LogP contribution in [0.25, 0.3) is 0 Å². The molecule has 0 saturated carbocycles. The van der Waals surface area contributed by atoms with E-state index in [1.807, 2.05) is 24.3 Å². The molecule has 0 spiro atoms. The van der Waals surface area contributed by atoms with Gasteiger partial charge < -0.3 is 10.1 Å². The highest BCUT2D eigenvalue weighted by Crippen LogP contribution is 2.29. The Morgan fingerprint density at radius 2 is 1.68 bits per heavy atom. The molecule has 7 nitrogen and oxygen atoms in total. The first kappa shape index (κ1) is 23.4. The van der Waals surface area contributed by atoms with E-state index in [-0.39, 0.29) is 22.2 Å². The summed E-state index contributed by atoms with van der Waals surface area (Å²) in [7, 11) is -4.07. The van der Waals surface area contributed by atoms with Gasteiger partial charge in [-0.1, -0.05) is 36.4 Å². The number of carbonyl (C=O) groups excluding carboxylic acids is 2. The van der Waals surface area contributed by atoms with E-state index in [9.17, 15) is 22.4 Å². The summed E-state index contributed by atoms with van der Waals surface area (Å²) in [5, 5.41) is 2.90. The Kier molecular flexibility index (Phi) is 6.93. The Morgan fingerprint density at radius 3 is 2.47 bits per heavy atom. The summed E-state index contributed by atoms with van der Waals surface area (Å²) >= 11 is 0. The number of hydrogen-bond donors (Lipinski definition) is 2. The van der Waals surface area contributed by atoms with Crippen LogP contribution in [0.4, 0.5) is 10.1 Å². The second-order valence-electron chi connectivity index (χ2n) is 7.89. The third-order valence-electron chi connectivity index (χ3n) is 5.55. The van der Waals surface area contributed by atoms with Crippen LogP contribution in [0.3, 0.4) is 0 Å². The van der Waals surface area contributed by atoms with E-state index < -0.39 is 34.3 Å². The molecule has 0 fully saturated rings. The Labute approximate surface area is 197 Å². The second kappa shape index (κ2) is 10.0. The van der Waals surface area contributed by atoms with Crippen molar-refractivity contribution >= 4 is 27.6 Å². The van der Waals surface area contributed by atoms with Crippen molar-refractivity contribution < 1.29 is 27.1 Å². The average Bonchev–Trinajstić information content (AvgIpc) is 2.83. The Bertz CT molecular complexity index is 1310. The Morgan fingerprint density at radius 1 is 0.971 bits per heavy atom. The zero-order valence-corrected chi connectivity index (χ0v) is 19.0. The number of amides is 1. The van der Waals surface area contributed by atoms with E-state index in [1.54, 1.807) is 12.1 Å². The molecule has 2 N–H and O–H groups in total. The number of hydrogen-bond acceptors (Lipinski definition) is 5. The molecule has 0 aromatic heterocycles. The van der Waals surface area contributed by atoms with Crippen molar-refractivity contribution in [2.45, 2.75) is 30.2 Å². The van der Waals surface area contributed by atoms with Crippen LogP contribution in [0.5, 0.6) is 0 Å². The standard InChI is InChI=1S/C25H23FN2O5S/c26-18-12-14-19(15-13-18)34(31,32)28-23-10-4-3-9-21(23)25(30)33-16-24(29)27-22-11-5-7-17-6-1-2-8-20(17)22/h1-4,6,8-10,12-15,22,28H,5,7,11,16H2,(H,27,29)/t22-/m0/s1. The fraction of sp³-hybridized carbons (Fsp3) is 0.200. The summed E-state index contributed by atoms with van der Waals surface area (Å²) in [5.74, 6) is -1.87. The quantitative estimate of drug-likeness (QED) is 0.496. The Hall–Kier alpha value is -3.72. The number of ether oxygens (including phenoxy) is 1. The van der Waals surface area contributed by atoms with Gasteiger partial charge in [-0.25, -0.2) is 17.6 Å². The number of benzene rings is 3. The van der Waals surface area contributed by atoms with Gasteiger partial charge in [-0.15, -0.1) is 0 Å². The molecule has 3 aromatic rings. The minimum atomic E-state index is -4.07. The van der Waals surface area contributed by atoms with Gasteiger partial charge in [0, 0.05) is 0 Å². The largest absolute Gasteiger partial charge is 0.452 e. The first-order chi connectivity index (χ1) is 16.3. The summed E-state index contributed by atoms with van der Waals surface area (Å²) in [6.07, 6.45) is 2.70. The zero-order valence-electron chi connectivity index (χ0n) is 18.2. The highest BCUT2D eigenvalue weighted by atomic mass is 32.2. The van der Waals surface area contributed by atoms with Crippen LogP contribution in [0.1, 0.15) is 40.4 Å². The summed E-state index contributed by atoms with van der Waals surface area (Å²) in [4.78, 5) is 24.9. The number of esters is 1. The van der Waals surface area contributed by atoms with Crippen molar-refractivity contribution in [3.8, 4) is 0 Å². The van der Waals surface area contributed by atoms with E-state index in [2.05, 4.69) is 10.0 Å². The molecule has 1 aliphatic rings. The van der Waals surface area contributed by atoms with Crippen LogP contribution in [-0.2, 0) is 26.0 Å². The van der Waals surface area contributed by atoms with Crippen LogP contribution in [-0.4, -0.2) is 26.9 Å². The van der Waals surface area contributed by atoms with Gasteiger partial charge in [-0.3, -0.25) is 9.52 Å². The van der Waals surface area contributed by atoms with Crippen molar-refractivity contribution in [2.24, 2.45) is 0 Å². The molecule has 4 rings (SSSR count). The van der Waals surface area contributed by atoms with Gasteiger partial charge in [-0.05, 0) is 66.8 Å². The molecular formula is C25H23FN2O5S. The number of rotatable bonds is 7. The molecule has 176 valence electrons. The molecule has 1 amide bonds. The van der Waals surface area contributed by atoms with Crippen molar-refractivity contribution in [1.82, 2.24) is 5.32 Å². The van der Waals surface area contributed by atoms with Gasteiger partial charge in [-0.2, -0.15) is 0 Å². The first-order valence-corrected chi connectivity index (χ1v) is 12.2. The van der Waals surface area contributed by atoms with Crippen LogP contribution >= 0.6 is 0 Å². The molecular weight excluding hydrogens is 459 g/mol. The predicted octanol–water partition coefficient (Wildman–Crippen LogP) is 3.98. The third-order valence-corrected chi connectivity index (χ3v) is 6.94. The normalized spacial score (nSPS) is 15.1. The lowest BCUT2D eigenvalue weighted by molar-refractivity contribution is -0.125. The minimum absolute atomic E-state index is 0.0153. The van der Waals surface area contributed by atoms with Crippen molar-refractivity contribution in [3.63, 3.8) is 0 Å². The monoisotopic (exact) mass is 482 g/mol. The van der Waals surface area contributed by atoms with Crippen LogP contribution in [0.2, 0.25) is 0 Å². The maximum absolute atomic E-state index is 13.1. The van der Waals surface area contributed by atoms with Crippen molar-refractivity contribution in [3.05, 3.63) is 95.3 Å². The summed E-state index contributed by atoms with van der Waals surface area (Å²) in [6, 6.07) is 17.9. The molecule has 0 heterocycles. The number of carbonyl (C=O) groups is 2. The lowest BCUT2D eigenvalue weighted by Gasteiger charge is -2.26. The van der Waals surface area contributed by atoms with Gasteiger partial charge in [0.1, 0.15) is 5.82 Å². The molecule has 9 heteroatoms. The SMILES string of the molecule is O=C(COC(=O)c1ccccc1NS(=O)(=O)c1ccc(F)cc1)N[C@H]1CCCc2ccccc21. The lowest BCUT2D eigenvalue weighted by Crippen LogP contribution is -2.34. The van der Waals surface area contributed by atoms with E-state index >= 15 is 0 Å². The van der Waals surface area contributed by atoms with E-state index in [0.717, 1.165) is 49.1 Å². The highest BCUT2D eigenvalue weighted by Gasteiger charge is 2.23. The molecule has 0 aliphatic heterocycles. The topological polar surface area (TPSA) is 102 Å². The van der Waals surface area contributed by atoms with E-state index in [4.69, 9.17) is 4.74 Å². The molecule has 3 aromatic carbocycles. The number of halogens is 1. The van der Waals surface area contributed by atoms with Crippen molar-refractivity contribution in [1.29, 1.82) is 0 Å². The predicted molar refractivity (Wildman–Crippen MR) is 124 cm³/mol. The highest BCUT2D eigenvalue weighted by molar-refractivity contribution is 7.92. The number of fused-ring (bicyclic) bond motifs is 1. The summed E-state index contributed by atoms with van der Waals surface area (Å²) in [6.45, 7) is -0.503. The van der Waals surface area contributed by atoms with Crippen LogP contribution in [0, 0.1) is 5.82 Å². The lowest BCUT2D eigenvalue weighted by atomic mass is 9.88. The molecule has 0 bridgehead atoms. The van der Waals surface area contributed by atoms with Gasteiger partial charge >= 0.3 is 5.97 Å². The molecule has 0 saturated heterocycles. The molecule has 1 aliphatic carbocycles. The fourth-order valence-corrected chi connectivity index (χ4v) is 5.00. The number of para-hydroxylation sites is 1. The molecule has 0 unspecified atom stereocenters. The van der Waals surface area contributed by atoms with E-state index in [0.29, 0.717) is 0 Å². The third kappa shape index (κ3) is 5.43. The maximum Gasteiger partial charge on any atom is 0.340 e. The number of sulfonamides is 1.